The number of ether oxygens (including phenoxy) is 2. The number of esters is 2. The minimum absolute atomic E-state index is 0.0596. The smallest absolute Gasteiger partial charge is 0.357 e. The summed E-state index contributed by atoms with van der Waals surface area (Å²) in [6, 6.07) is 6.97. The number of pyridine rings is 1. The molecule has 0 radical (unpaired) electrons. The number of para-hydroxylation sites is 1. The Balaban J connectivity index is 2.71. The third kappa shape index (κ3) is 2.97. The first kappa shape index (κ1) is 15.3. The molecule has 0 aliphatic rings. The molecule has 0 unspecified atom stereocenters. The summed E-state index contributed by atoms with van der Waals surface area (Å²) in [5.74, 6) is -1.39. The molecular formula is C15H14ClNO4. The first-order chi connectivity index (χ1) is 10.1. The average molecular weight is 308 g/mol. The predicted octanol–water partition coefficient (Wildman–Crippen LogP) is 3.24. The van der Waals surface area contributed by atoms with Crippen molar-refractivity contribution in [2.75, 3.05) is 13.2 Å². The molecule has 0 spiro atoms. The van der Waals surface area contributed by atoms with E-state index in [1.54, 1.807) is 38.1 Å². The van der Waals surface area contributed by atoms with Gasteiger partial charge in [-0.3, -0.25) is 0 Å². The van der Waals surface area contributed by atoms with Crippen LogP contribution in [-0.4, -0.2) is 30.1 Å². The topological polar surface area (TPSA) is 65.5 Å². The van der Waals surface area contributed by atoms with E-state index >= 15 is 0 Å². The van der Waals surface area contributed by atoms with Gasteiger partial charge in [0, 0.05) is 5.39 Å². The molecule has 2 aromatic rings. The van der Waals surface area contributed by atoms with E-state index in [2.05, 4.69) is 4.98 Å². The minimum Gasteiger partial charge on any atom is -0.462 e. The van der Waals surface area contributed by atoms with Gasteiger partial charge in [0.15, 0.2) is 5.69 Å². The van der Waals surface area contributed by atoms with Crippen molar-refractivity contribution in [2.24, 2.45) is 0 Å². The summed E-state index contributed by atoms with van der Waals surface area (Å²) in [5, 5.41) is 0.720. The quantitative estimate of drug-likeness (QED) is 0.811. The molecule has 0 aliphatic heterocycles. The number of benzene rings is 1. The number of halogens is 1. The predicted molar refractivity (Wildman–Crippen MR) is 78.7 cm³/mol. The molecule has 6 heteroatoms. The number of nitrogens with zero attached hydrogens (tertiary/aromatic N) is 1. The van der Waals surface area contributed by atoms with Gasteiger partial charge in [-0.05, 0) is 19.9 Å². The molecule has 1 heterocycles. The molecule has 0 N–H and O–H groups in total. The Kier molecular flexibility index (Phi) is 4.75. The van der Waals surface area contributed by atoms with Crippen LogP contribution in [0.15, 0.2) is 24.3 Å². The van der Waals surface area contributed by atoms with Gasteiger partial charge in [-0.15, -0.1) is 0 Å². The van der Waals surface area contributed by atoms with Crippen LogP contribution >= 0.6 is 11.6 Å². The zero-order valence-corrected chi connectivity index (χ0v) is 12.4. The molecule has 0 bridgehead atoms. The van der Waals surface area contributed by atoms with Crippen LogP contribution in [0.5, 0.6) is 0 Å². The van der Waals surface area contributed by atoms with E-state index < -0.39 is 11.9 Å². The number of carbonyl (C=O) groups excluding carboxylic acids is 2. The maximum absolute atomic E-state index is 12.1. The second kappa shape index (κ2) is 6.54. The van der Waals surface area contributed by atoms with Crippen molar-refractivity contribution >= 4 is 34.4 Å². The van der Waals surface area contributed by atoms with E-state index in [0.717, 1.165) is 0 Å². The first-order valence-corrected chi connectivity index (χ1v) is 6.90. The maximum Gasteiger partial charge on any atom is 0.357 e. The lowest BCUT2D eigenvalue weighted by molar-refractivity contribution is 0.0474. The van der Waals surface area contributed by atoms with E-state index in [0.29, 0.717) is 10.9 Å². The third-order valence-electron chi connectivity index (χ3n) is 2.78. The highest BCUT2D eigenvalue weighted by molar-refractivity contribution is 6.39. The highest BCUT2D eigenvalue weighted by atomic mass is 35.5. The second-order valence-corrected chi connectivity index (χ2v) is 4.49. The van der Waals surface area contributed by atoms with Crippen LogP contribution in [0.4, 0.5) is 0 Å². The Morgan fingerprint density at radius 1 is 1.10 bits per heavy atom. The zero-order chi connectivity index (χ0) is 15.4. The molecule has 21 heavy (non-hydrogen) atoms. The Labute approximate surface area is 126 Å². The molecule has 1 aromatic carbocycles. The van der Waals surface area contributed by atoms with Crippen molar-refractivity contribution < 1.29 is 19.1 Å². The summed E-state index contributed by atoms with van der Waals surface area (Å²) in [4.78, 5) is 28.3. The Morgan fingerprint density at radius 2 is 1.71 bits per heavy atom. The lowest BCUT2D eigenvalue weighted by Gasteiger charge is -2.11. The van der Waals surface area contributed by atoms with Crippen LogP contribution < -0.4 is 0 Å². The van der Waals surface area contributed by atoms with Gasteiger partial charge in [-0.25, -0.2) is 14.6 Å². The molecule has 1 aromatic heterocycles. The van der Waals surface area contributed by atoms with Crippen LogP contribution in [0.25, 0.3) is 10.9 Å². The fourth-order valence-corrected chi connectivity index (χ4v) is 2.23. The van der Waals surface area contributed by atoms with Gasteiger partial charge in [-0.2, -0.15) is 0 Å². The van der Waals surface area contributed by atoms with Crippen LogP contribution in [0.1, 0.15) is 34.7 Å². The van der Waals surface area contributed by atoms with Gasteiger partial charge < -0.3 is 9.47 Å². The molecular weight excluding hydrogens is 294 g/mol. The molecule has 5 nitrogen and oxygen atoms in total. The van der Waals surface area contributed by atoms with E-state index in [1.165, 1.54) is 0 Å². The van der Waals surface area contributed by atoms with Gasteiger partial charge in [0.25, 0.3) is 0 Å². The SMILES string of the molecule is CCOC(=O)c1nc2ccccc2c(Cl)c1C(=O)OCC. The van der Waals surface area contributed by atoms with E-state index in [4.69, 9.17) is 21.1 Å². The van der Waals surface area contributed by atoms with Gasteiger partial charge in [0.2, 0.25) is 0 Å². The summed E-state index contributed by atoms with van der Waals surface area (Å²) in [5.41, 5.74) is 0.327. The number of aromatic nitrogens is 1. The van der Waals surface area contributed by atoms with E-state index in [-0.39, 0.29) is 29.5 Å². The molecule has 0 saturated heterocycles. The third-order valence-corrected chi connectivity index (χ3v) is 3.17. The van der Waals surface area contributed by atoms with Crippen molar-refractivity contribution in [3.05, 3.63) is 40.5 Å². The summed E-state index contributed by atoms with van der Waals surface area (Å²) in [6.07, 6.45) is 0. The Hall–Kier alpha value is -2.14. The van der Waals surface area contributed by atoms with Crippen LogP contribution in [0.3, 0.4) is 0 Å². The molecule has 0 saturated carbocycles. The Bertz CT molecular complexity index is 699. The molecule has 0 amide bonds. The second-order valence-electron chi connectivity index (χ2n) is 4.11. The zero-order valence-electron chi connectivity index (χ0n) is 11.7. The van der Waals surface area contributed by atoms with Crippen LogP contribution in [0, 0.1) is 0 Å². The Morgan fingerprint density at radius 3 is 2.38 bits per heavy atom. The van der Waals surface area contributed by atoms with Gasteiger partial charge in [-0.1, -0.05) is 29.8 Å². The minimum atomic E-state index is -0.701. The monoisotopic (exact) mass is 307 g/mol. The molecule has 0 fully saturated rings. The van der Waals surface area contributed by atoms with Crippen molar-refractivity contribution in [1.29, 1.82) is 0 Å². The lowest BCUT2D eigenvalue weighted by atomic mass is 10.1. The molecule has 110 valence electrons. The largest absolute Gasteiger partial charge is 0.462 e. The van der Waals surface area contributed by atoms with Crippen molar-refractivity contribution in [1.82, 2.24) is 4.98 Å². The standard InChI is InChI=1S/C15H14ClNO4/c1-3-20-14(18)11-12(16)9-7-5-6-8-10(9)17-13(11)15(19)21-4-2/h5-8H,3-4H2,1-2H3. The van der Waals surface area contributed by atoms with Gasteiger partial charge in [0.1, 0.15) is 5.56 Å². The first-order valence-electron chi connectivity index (χ1n) is 6.52. The number of hydrogen-bond donors (Lipinski definition) is 0. The normalized spacial score (nSPS) is 10.4. The fourth-order valence-electron chi connectivity index (χ4n) is 1.91. The van der Waals surface area contributed by atoms with E-state index in [1.807, 2.05) is 0 Å². The van der Waals surface area contributed by atoms with Crippen molar-refractivity contribution in [2.45, 2.75) is 13.8 Å². The summed E-state index contributed by atoms with van der Waals surface area (Å²) in [6.45, 7) is 3.69. The van der Waals surface area contributed by atoms with E-state index in [9.17, 15) is 9.59 Å². The number of rotatable bonds is 4. The summed E-state index contributed by atoms with van der Waals surface area (Å²) in [7, 11) is 0. The van der Waals surface area contributed by atoms with Crippen molar-refractivity contribution in [3.63, 3.8) is 0 Å². The number of hydrogen-bond acceptors (Lipinski definition) is 5. The number of fused-ring (bicyclic) bond motifs is 1. The molecule has 2 rings (SSSR count). The summed E-state index contributed by atoms with van der Waals surface area (Å²) >= 11 is 6.27. The maximum atomic E-state index is 12.1. The molecule has 0 atom stereocenters. The van der Waals surface area contributed by atoms with Crippen LogP contribution in [0.2, 0.25) is 5.02 Å². The fraction of sp³-hybridized carbons (Fsp3) is 0.267. The number of carbonyl (C=O) groups is 2. The van der Waals surface area contributed by atoms with Gasteiger partial charge >= 0.3 is 11.9 Å². The molecule has 0 aliphatic carbocycles. The van der Waals surface area contributed by atoms with Crippen LogP contribution in [-0.2, 0) is 9.47 Å². The average Bonchev–Trinajstić information content (AvgIpc) is 2.47. The highest BCUT2D eigenvalue weighted by Crippen LogP contribution is 2.29. The lowest BCUT2D eigenvalue weighted by Crippen LogP contribution is -2.17. The highest BCUT2D eigenvalue weighted by Gasteiger charge is 2.26. The van der Waals surface area contributed by atoms with Gasteiger partial charge in [0.05, 0.1) is 23.8 Å². The summed E-state index contributed by atoms with van der Waals surface area (Å²) < 4.78 is 9.89. The van der Waals surface area contributed by atoms with Crippen molar-refractivity contribution in [3.8, 4) is 0 Å².